The number of hydrogen-bond donors (Lipinski definition) is 2. The van der Waals surface area contributed by atoms with Gasteiger partial charge in [-0.1, -0.05) is 18.2 Å². The molecule has 0 aliphatic rings. The topological polar surface area (TPSA) is 92.9 Å². The van der Waals surface area contributed by atoms with E-state index in [0.29, 0.717) is 25.7 Å². The lowest BCUT2D eigenvalue weighted by atomic mass is 10.1. The van der Waals surface area contributed by atoms with Crippen molar-refractivity contribution in [3.63, 3.8) is 0 Å². The second-order valence-corrected chi connectivity index (χ2v) is 8.00. The minimum Gasteiger partial charge on any atom is -0.459 e. The molecule has 1 aromatic carbocycles. The fourth-order valence-corrected chi connectivity index (χ4v) is 2.75. The zero-order valence-electron chi connectivity index (χ0n) is 14.8. The number of para-hydroxylation sites is 1. The molecule has 0 spiro atoms. The lowest BCUT2D eigenvalue weighted by Crippen LogP contribution is -2.38. The predicted octanol–water partition coefficient (Wildman–Crippen LogP) is 1.47. The lowest BCUT2D eigenvalue weighted by Gasteiger charge is -2.11. The number of furan rings is 1. The van der Waals surface area contributed by atoms with Crippen LogP contribution >= 0.6 is 0 Å². The summed E-state index contributed by atoms with van der Waals surface area (Å²) >= 11 is 0. The van der Waals surface area contributed by atoms with Gasteiger partial charge in [0.25, 0.3) is 0 Å². The monoisotopic (exact) mass is 367 g/mol. The summed E-state index contributed by atoms with van der Waals surface area (Å²) in [6.45, 7) is 3.69. The van der Waals surface area contributed by atoms with Gasteiger partial charge in [0.1, 0.15) is 21.2 Å². The molecule has 0 fully saturated rings. The number of nitrogens with zero attached hydrogens (tertiary/aromatic N) is 1. The molecule has 1 heterocycles. The first-order valence-corrected chi connectivity index (χ1v) is 10.1. The average Bonchev–Trinajstić information content (AvgIpc) is 2.89. The number of guanidine groups is 1. The Bertz CT molecular complexity index is 828. The van der Waals surface area contributed by atoms with Gasteiger partial charge in [-0.3, -0.25) is 4.99 Å². The quantitative estimate of drug-likeness (QED) is 0.417. The molecule has 0 aliphatic carbocycles. The van der Waals surface area contributed by atoms with Crippen LogP contribution in [-0.2, 0) is 21.1 Å². The summed E-state index contributed by atoms with van der Waals surface area (Å²) < 4.78 is 33.1. The molecule has 0 amide bonds. The minimum absolute atomic E-state index is 0.0330. The molecule has 0 saturated carbocycles. The van der Waals surface area contributed by atoms with E-state index < -0.39 is 9.84 Å². The van der Waals surface area contributed by atoms with Crippen molar-refractivity contribution in [1.29, 1.82) is 0 Å². The molecule has 0 radical (unpaired) electrons. The normalized spacial score (nSPS) is 12.5. The van der Waals surface area contributed by atoms with Crippen molar-refractivity contribution < 1.29 is 17.6 Å². The highest BCUT2D eigenvalue weighted by molar-refractivity contribution is 7.90. The van der Waals surface area contributed by atoms with Crippen molar-refractivity contribution in [1.82, 2.24) is 10.6 Å². The van der Waals surface area contributed by atoms with Crippen LogP contribution in [0.5, 0.6) is 0 Å². The van der Waals surface area contributed by atoms with E-state index in [4.69, 9.17) is 9.15 Å². The van der Waals surface area contributed by atoms with Crippen LogP contribution in [0.25, 0.3) is 11.0 Å². The zero-order chi connectivity index (χ0) is 18.3. The van der Waals surface area contributed by atoms with Crippen molar-refractivity contribution in [2.45, 2.75) is 13.5 Å². The van der Waals surface area contributed by atoms with Crippen molar-refractivity contribution in [2.24, 2.45) is 4.99 Å². The number of aryl methyl sites for hydroxylation is 1. The number of ether oxygens (including phenoxy) is 1. The Morgan fingerprint density at radius 1 is 1.24 bits per heavy atom. The van der Waals surface area contributed by atoms with Gasteiger partial charge in [0.05, 0.1) is 25.5 Å². The van der Waals surface area contributed by atoms with Crippen molar-refractivity contribution in [3.8, 4) is 0 Å². The van der Waals surface area contributed by atoms with Gasteiger partial charge in [0.15, 0.2) is 5.96 Å². The molecule has 25 heavy (non-hydrogen) atoms. The number of rotatable bonds is 8. The smallest absolute Gasteiger partial charge is 0.191 e. The van der Waals surface area contributed by atoms with Crippen LogP contribution in [0, 0.1) is 6.92 Å². The summed E-state index contributed by atoms with van der Waals surface area (Å²) in [6.07, 6.45) is 1.19. The van der Waals surface area contributed by atoms with Crippen LogP contribution in [0.15, 0.2) is 33.7 Å². The van der Waals surface area contributed by atoms with E-state index in [0.717, 1.165) is 22.3 Å². The molecule has 0 atom stereocenters. The predicted molar refractivity (Wildman–Crippen MR) is 99.7 cm³/mol. The molecule has 2 aromatic rings. The molecule has 1 aromatic heterocycles. The summed E-state index contributed by atoms with van der Waals surface area (Å²) in [7, 11) is -1.29. The van der Waals surface area contributed by atoms with E-state index in [1.54, 1.807) is 7.05 Å². The van der Waals surface area contributed by atoms with E-state index in [1.165, 1.54) is 6.26 Å². The molecule has 0 bridgehead atoms. The van der Waals surface area contributed by atoms with Gasteiger partial charge in [-0.2, -0.15) is 0 Å². The Labute approximate surface area is 148 Å². The summed E-state index contributed by atoms with van der Waals surface area (Å²) in [4.78, 5) is 4.15. The van der Waals surface area contributed by atoms with E-state index in [2.05, 4.69) is 15.6 Å². The minimum atomic E-state index is -2.98. The Kier molecular flexibility index (Phi) is 6.83. The van der Waals surface area contributed by atoms with Crippen LogP contribution in [0.4, 0.5) is 0 Å². The van der Waals surface area contributed by atoms with Gasteiger partial charge in [-0.15, -0.1) is 0 Å². The second kappa shape index (κ2) is 8.87. The van der Waals surface area contributed by atoms with Crippen LogP contribution in [0.2, 0.25) is 0 Å². The number of benzene rings is 1. The Hall–Kier alpha value is -2.06. The summed E-state index contributed by atoms with van der Waals surface area (Å²) in [6, 6.07) is 7.93. The highest BCUT2D eigenvalue weighted by atomic mass is 32.2. The first-order chi connectivity index (χ1) is 11.9. The molecule has 0 saturated heterocycles. The number of fused-ring (bicyclic) bond motifs is 1. The summed E-state index contributed by atoms with van der Waals surface area (Å²) in [5.74, 6) is 1.53. The van der Waals surface area contributed by atoms with Gasteiger partial charge in [0.2, 0.25) is 0 Å². The van der Waals surface area contributed by atoms with Crippen LogP contribution in [0.1, 0.15) is 11.3 Å². The maximum atomic E-state index is 11.0. The maximum Gasteiger partial charge on any atom is 0.191 e. The summed E-state index contributed by atoms with van der Waals surface area (Å²) in [5.41, 5.74) is 1.99. The van der Waals surface area contributed by atoms with Crippen LogP contribution < -0.4 is 10.6 Å². The molecular formula is C17H25N3O4S. The van der Waals surface area contributed by atoms with Gasteiger partial charge >= 0.3 is 0 Å². The van der Waals surface area contributed by atoms with Gasteiger partial charge in [0, 0.05) is 30.8 Å². The highest BCUT2D eigenvalue weighted by Gasteiger charge is 2.10. The fourth-order valence-electron chi connectivity index (χ4n) is 2.33. The Morgan fingerprint density at radius 2 is 2.00 bits per heavy atom. The molecule has 0 aliphatic heterocycles. The van der Waals surface area contributed by atoms with Gasteiger partial charge in [-0.25, -0.2) is 8.42 Å². The molecule has 2 N–H and O–H groups in total. The van der Waals surface area contributed by atoms with E-state index in [1.807, 2.05) is 31.2 Å². The van der Waals surface area contributed by atoms with E-state index in [9.17, 15) is 8.42 Å². The Balaban J connectivity index is 1.75. The summed E-state index contributed by atoms with van der Waals surface area (Å²) in [5, 5.41) is 7.42. The number of hydrogen-bond acceptors (Lipinski definition) is 5. The molecule has 7 nitrogen and oxygen atoms in total. The van der Waals surface area contributed by atoms with Gasteiger partial charge in [-0.05, 0) is 13.0 Å². The number of sulfone groups is 1. The van der Waals surface area contributed by atoms with E-state index >= 15 is 0 Å². The van der Waals surface area contributed by atoms with Crippen molar-refractivity contribution in [3.05, 3.63) is 35.6 Å². The maximum absolute atomic E-state index is 11.0. The third-order valence-corrected chi connectivity index (χ3v) is 4.63. The van der Waals surface area contributed by atoms with Gasteiger partial charge < -0.3 is 19.8 Å². The lowest BCUT2D eigenvalue weighted by molar-refractivity contribution is 0.154. The third-order valence-electron chi connectivity index (χ3n) is 3.72. The van der Waals surface area contributed by atoms with Crippen LogP contribution in [-0.4, -0.2) is 53.2 Å². The first-order valence-electron chi connectivity index (χ1n) is 8.07. The second-order valence-electron chi connectivity index (χ2n) is 5.74. The van der Waals surface area contributed by atoms with Crippen molar-refractivity contribution in [2.75, 3.05) is 38.8 Å². The highest BCUT2D eigenvalue weighted by Crippen LogP contribution is 2.24. The van der Waals surface area contributed by atoms with Crippen LogP contribution in [0.3, 0.4) is 0 Å². The molecule has 0 unspecified atom stereocenters. The molecular weight excluding hydrogens is 342 g/mol. The molecule has 2 rings (SSSR count). The third kappa shape index (κ3) is 6.06. The van der Waals surface area contributed by atoms with E-state index in [-0.39, 0.29) is 12.4 Å². The number of nitrogens with one attached hydrogen (secondary N) is 2. The largest absolute Gasteiger partial charge is 0.459 e. The molecule has 138 valence electrons. The average molecular weight is 367 g/mol. The first kappa shape index (κ1) is 19.3. The standard InChI is InChI=1S/C17H25N3O4S/c1-13-14-6-4-5-7-15(14)24-16(13)12-20-17(18-2)19-8-9-23-10-11-25(3,21)22/h4-7H,8-12H2,1-3H3,(H2,18,19,20). The zero-order valence-corrected chi connectivity index (χ0v) is 15.6. The number of aliphatic imine (C=N–C) groups is 1. The SMILES string of the molecule is CN=C(NCCOCCS(C)(=O)=O)NCc1oc2ccccc2c1C. The Morgan fingerprint density at radius 3 is 2.68 bits per heavy atom. The molecule has 8 heteroatoms. The fraction of sp³-hybridized carbons (Fsp3) is 0.471. The van der Waals surface area contributed by atoms with Crippen molar-refractivity contribution >= 4 is 26.8 Å².